The first-order valence-corrected chi connectivity index (χ1v) is 13.1. The Morgan fingerprint density at radius 1 is 0.333 bits per heavy atom. The lowest BCUT2D eigenvalue weighted by Crippen LogP contribution is -1.86. The smallest absolute Gasteiger partial charge is 0.0303 e. The van der Waals surface area contributed by atoms with E-state index in [1.54, 1.807) is 5.92 Å². The van der Waals surface area contributed by atoms with Crippen molar-refractivity contribution in [3.8, 4) is 0 Å². The molecule has 0 heteroatoms. The van der Waals surface area contributed by atoms with E-state index in [1.807, 2.05) is 0 Å². The molecule has 1 radical (unpaired) electrons. The quantitative estimate of drug-likeness (QED) is 0.155. The minimum Gasteiger partial charge on any atom is -0.0654 e. The van der Waals surface area contributed by atoms with Crippen molar-refractivity contribution in [2.45, 2.75) is 168 Å². The van der Waals surface area contributed by atoms with Crippen LogP contribution in [0.4, 0.5) is 0 Å². The Kier molecular flexibility index (Phi) is 24.0. The molecule has 0 saturated heterocycles. The molecule has 0 amide bonds. The van der Waals surface area contributed by atoms with Gasteiger partial charge in [-0.2, -0.15) is 0 Å². The zero-order valence-corrected chi connectivity index (χ0v) is 19.8. The molecule has 0 fully saturated rings. The molecular weight excluding hydrogens is 324 g/mol. The summed E-state index contributed by atoms with van der Waals surface area (Å²) in [6.45, 7) is 6.82. The summed E-state index contributed by atoms with van der Waals surface area (Å²) in [7, 11) is 0. The predicted molar refractivity (Wildman–Crippen MR) is 126 cm³/mol. The van der Waals surface area contributed by atoms with Crippen LogP contribution < -0.4 is 0 Å². The molecule has 0 bridgehead atoms. The van der Waals surface area contributed by atoms with Gasteiger partial charge in [-0.1, -0.05) is 162 Å². The summed E-state index contributed by atoms with van der Waals surface area (Å²) in [4.78, 5) is 0. The van der Waals surface area contributed by atoms with Crippen LogP contribution in [0.2, 0.25) is 0 Å². The number of unbranched alkanes of at least 4 members (excludes halogenated alkanes) is 21. The van der Waals surface area contributed by atoms with E-state index in [2.05, 4.69) is 20.8 Å². The molecule has 0 heterocycles. The van der Waals surface area contributed by atoms with Crippen LogP contribution >= 0.6 is 0 Å². The van der Waals surface area contributed by atoms with Gasteiger partial charge in [0.25, 0.3) is 0 Å². The Hall–Kier alpha value is 0. The first-order chi connectivity index (χ1) is 13.3. The largest absolute Gasteiger partial charge is 0.0654 e. The van der Waals surface area contributed by atoms with Crippen LogP contribution in [0.1, 0.15) is 168 Å². The maximum atomic E-state index is 2.30. The Bertz CT molecular complexity index is 242. The van der Waals surface area contributed by atoms with Crippen molar-refractivity contribution in [3.05, 3.63) is 5.92 Å². The van der Waals surface area contributed by atoms with E-state index in [9.17, 15) is 0 Å². The fourth-order valence-corrected chi connectivity index (χ4v) is 4.09. The molecule has 0 rings (SSSR count). The summed E-state index contributed by atoms with van der Waals surface area (Å²) in [6, 6.07) is 0. The summed E-state index contributed by atoms with van der Waals surface area (Å²) in [5.74, 6) is 1.60. The Morgan fingerprint density at radius 3 is 0.778 bits per heavy atom. The molecule has 0 aliphatic rings. The molecule has 0 aromatic heterocycles. The molecular formula is C27H55. The summed E-state index contributed by atoms with van der Waals surface area (Å²) < 4.78 is 0. The lowest BCUT2D eigenvalue weighted by atomic mass is 10.0. The first kappa shape index (κ1) is 27.0. The summed E-state index contributed by atoms with van der Waals surface area (Å²) in [5.41, 5.74) is 0. The second-order valence-corrected chi connectivity index (χ2v) is 9.38. The van der Waals surface area contributed by atoms with Gasteiger partial charge in [-0.15, -0.1) is 0 Å². The number of hydrogen-bond donors (Lipinski definition) is 0. The Balaban J connectivity index is 2.97. The standard InChI is InChI=1S/C27H55/c1-4-5-6-7-8-9-10-11-12-13-14-15-16-17-18-19-20-21-22-23-24-25-26-27(2)3/h4-26H2,1-3H3. The van der Waals surface area contributed by atoms with Gasteiger partial charge >= 0.3 is 0 Å². The van der Waals surface area contributed by atoms with Crippen molar-refractivity contribution in [2.24, 2.45) is 0 Å². The van der Waals surface area contributed by atoms with Crippen LogP contribution in [0, 0.1) is 5.92 Å². The fourth-order valence-electron chi connectivity index (χ4n) is 4.09. The van der Waals surface area contributed by atoms with Gasteiger partial charge in [0.2, 0.25) is 0 Å². The molecule has 0 unspecified atom stereocenters. The average Bonchev–Trinajstić information content (AvgIpc) is 2.65. The van der Waals surface area contributed by atoms with E-state index in [-0.39, 0.29) is 0 Å². The van der Waals surface area contributed by atoms with Crippen molar-refractivity contribution in [3.63, 3.8) is 0 Å². The first-order valence-electron chi connectivity index (χ1n) is 13.1. The van der Waals surface area contributed by atoms with Crippen molar-refractivity contribution < 1.29 is 0 Å². The maximum Gasteiger partial charge on any atom is -0.0303 e. The Labute approximate surface area is 174 Å². The van der Waals surface area contributed by atoms with E-state index in [4.69, 9.17) is 0 Å². The van der Waals surface area contributed by atoms with E-state index in [1.165, 1.54) is 148 Å². The van der Waals surface area contributed by atoms with Crippen LogP contribution in [0.5, 0.6) is 0 Å². The van der Waals surface area contributed by atoms with Crippen LogP contribution in [-0.2, 0) is 0 Å². The highest BCUT2D eigenvalue weighted by Crippen LogP contribution is 2.16. The third kappa shape index (κ3) is 26.0. The van der Waals surface area contributed by atoms with Crippen LogP contribution in [0.25, 0.3) is 0 Å². The lowest BCUT2D eigenvalue weighted by Gasteiger charge is -2.05. The lowest BCUT2D eigenvalue weighted by molar-refractivity contribution is 0.518. The fraction of sp³-hybridized carbons (Fsp3) is 0.963. The summed E-state index contributed by atoms with van der Waals surface area (Å²) in [6.07, 6.45) is 33.7. The van der Waals surface area contributed by atoms with Gasteiger partial charge in [0.05, 0.1) is 0 Å². The average molecular weight is 380 g/mol. The molecule has 0 saturated carbocycles. The molecule has 0 aliphatic heterocycles. The monoisotopic (exact) mass is 379 g/mol. The SMILES string of the molecule is CCCCCCCCCCCCCCCCCCCCCCCC[C](C)C. The van der Waals surface area contributed by atoms with Gasteiger partial charge in [-0.05, 0) is 12.3 Å². The normalized spacial score (nSPS) is 11.6. The van der Waals surface area contributed by atoms with Gasteiger partial charge in [0.1, 0.15) is 0 Å². The zero-order valence-electron chi connectivity index (χ0n) is 19.8. The van der Waals surface area contributed by atoms with Gasteiger partial charge in [0.15, 0.2) is 0 Å². The predicted octanol–water partition coefficient (Wildman–Crippen LogP) is 10.6. The van der Waals surface area contributed by atoms with E-state index >= 15 is 0 Å². The van der Waals surface area contributed by atoms with Crippen LogP contribution in [-0.4, -0.2) is 0 Å². The third-order valence-electron chi connectivity index (χ3n) is 6.03. The highest BCUT2D eigenvalue weighted by molar-refractivity contribution is 4.75. The van der Waals surface area contributed by atoms with Crippen LogP contribution in [0.15, 0.2) is 0 Å². The third-order valence-corrected chi connectivity index (χ3v) is 6.03. The highest BCUT2D eigenvalue weighted by atomic mass is 14.0. The second-order valence-electron chi connectivity index (χ2n) is 9.38. The van der Waals surface area contributed by atoms with Gasteiger partial charge in [-0.3, -0.25) is 0 Å². The zero-order chi connectivity index (χ0) is 19.8. The molecule has 27 heavy (non-hydrogen) atoms. The molecule has 0 spiro atoms. The molecule has 0 aromatic carbocycles. The van der Waals surface area contributed by atoms with E-state index in [0.29, 0.717) is 0 Å². The molecule has 0 nitrogen and oxygen atoms in total. The summed E-state index contributed by atoms with van der Waals surface area (Å²) >= 11 is 0. The Morgan fingerprint density at radius 2 is 0.556 bits per heavy atom. The molecule has 0 aromatic rings. The van der Waals surface area contributed by atoms with Crippen LogP contribution in [0.3, 0.4) is 0 Å². The second kappa shape index (κ2) is 24.0. The minimum absolute atomic E-state index is 1.35. The topological polar surface area (TPSA) is 0 Å². The minimum atomic E-state index is 1.35. The van der Waals surface area contributed by atoms with Gasteiger partial charge in [-0.25, -0.2) is 0 Å². The number of rotatable bonds is 23. The molecule has 0 aliphatic carbocycles. The van der Waals surface area contributed by atoms with E-state index in [0.717, 1.165) is 0 Å². The van der Waals surface area contributed by atoms with E-state index < -0.39 is 0 Å². The summed E-state index contributed by atoms with van der Waals surface area (Å²) in [5, 5.41) is 0. The molecule has 163 valence electrons. The number of hydrogen-bond acceptors (Lipinski definition) is 0. The molecule has 0 N–H and O–H groups in total. The van der Waals surface area contributed by atoms with Crippen molar-refractivity contribution >= 4 is 0 Å². The molecule has 0 atom stereocenters. The van der Waals surface area contributed by atoms with Crippen molar-refractivity contribution in [2.75, 3.05) is 0 Å². The van der Waals surface area contributed by atoms with Gasteiger partial charge in [0, 0.05) is 0 Å². The van der Waals surface area contributed by atoms with Crippen molar-refractivity contribution in [1.82, 2.24) is 0 Å². The highest BCUT2D eigenvalue weighted by Gasteiger charge is 1.97. The van der Waals surface area contributed by atoms with Gasteiger partial charge < -0.3 is 0 Å². The van der Waals surface area contributed by atoms with Crippen molar-refractivity contribution in [1.29, 1.82) is 0 Å². The maximum absolute atomic E-state index is 2.30.